The van der Waals surface area contributed by atoms with Crippen LogP contribution in [0, 0.1) is 0 Å². The minimum absolute atomic E-state index is 0.240. The van der Waals surface area contributed by atoms with Crippen molar-refractivity contribution in [1.29, 1.82) is 0 Å². The number of phenols is 1. The Hall–Kier alpha value is -1.23. The number of aliphatic hydroxyl groups excluding tert-OH is 1. The number of halogens is 3. The Balaban J connectivity index is 3.30. The number of hydrogen-bond acceptors (Lipinski definition) is 2. The Morgan fingerprint density at radius 2 is 1.86 bits per heavy atom. The highest BCUT2D eigenvalue weighted by Crippen LogP contribution is 2.36. The summed E-state index contributed by atoms with van der Waals surface area (Å²) in [5.41, 5.74) is -1.25. The second kappa shape index (κ2) is 3.49. The lowest BCUT2D eigenvalue weighted by Crippen LogP contribution is -2.10. The zero-order chi connectivity index (χ0) is 10.9. The van der Waals surface area contributed by atoms with E-state index in [0.29, 0.717) is 6.07 Å². The monoisotopic (exact) mass is 206 g/mol. The molecule has 0 saturated heterocycles. The number of benzene rings is 1. The van der Waals surface area contributed by atoms with Gasteiger partial charge in [0, 0.05) is 0 Å². The van der Waals surface area contributed by atoms with Crippen molar-refractivity contribution in [3.63, 3.8) is 0 Å². The van der Waals surface area contributed by atoms with Crippen LogP contribution >= 0.6 is 0 Å². The molecule has 0 amide bonds. The first-order chi connectivity index (χ1) is 6.32. The zero-order valence-electron chi connectivity index (χ0n) is 7.34. The summed E-state index contributed by atoms with van der Waals surface area (Å²) in [7, 11) is 0. The van der Waals surface area contributed by atoms with Gasteiger partial charge in [-0.3, -0.25) is 0 Å². The van der Waals surface area contributed by atoms with Crippen molar-refractivity contribution in [1.82, 2.24) is 0 Å². The molecule has 1 aromatic rings. The standard InChI is InChI=1S/C9H9F3O2/c1-5(13)7-3-2-6(14)4-8(7)9(10,11)12/h2-5,13-14H,1H3. The third-order valence-corrected chi connectivity index (χ3v) is 1.79. The first-order valence-electron chi connectivity index (χ1n) is 3.90. The highest BCUT2D eigenvalue weighted by molar-refractivity contribution is 5.37. The quantitative estimate of drug-likeness (QED) is 0.740. The molecule has 0 aromatic heterocycles. The first kappa shape index (κ1) is 10.8. The molecule has 0 aliphatic rings. The predicted octanol–water partition coefficient (Wildman–Crippen LogP) is 2.46. The second-order valence-corrected chi connectivity index (χ2v) is 2.95. The predicted molar refractivity (Wildman–Crippen MR) is 43.7 cm³/mol. The molecule has 0 radical (unpaired) electrons. The molecule has 0 spiro atoms. The van der Waals surface area contributed by atoms with Gasteiger partial charge in [-0.25, -0.2) is 0 Å². The van der Waals surface area contributed by atoms with Gasteiger partial charge in [-0.2, -0.15) is 13.2 Å². The molecule has 0 aliphatic heterocycles. The van der Waals surface area contributed by atoms with Crippen LogP contribution in [0.4, 0.5) is 13.2 Å². The van der Waals surface area contributed by atoms with Crippen molar-refractivity contribution in [3.05, 3.63) is 29.3 Å². The maximum absolute atomic E-state index is 12.4. The molecule has 2 nitrogen and oxygen atoms in total. The minimum Gasteiger partial charge on any atom is -0.508 e. The van der Waals surface area contributed by atoms with Crippen LogP contribution in [0.25, 0.3) is 0 Å². The first-order valence-corrected chi connectivity index (χ1v) is 3.90. The van der Waals surface area contributed by atoms with E-state index in [1.54, 1.807) is 0 Å². The highest BCUT2D eigenvalue weighted by Gasteiger charge is 2.34. The highest BCUT2D eigenvalue weighted by atomic mass is 19.4. The van der Waals surface area contributed by atoms with E-state index in [1.165, 1.54) is 6.92 Å². The zero-order valence-corrected chi connectivity index (χ0v) is 7.34. The van der Waals surface area contributed by atoms with Gasteiger partial charge in [0.2, 0.25) is 0 Å². The summed E-state index contributed by atoms with van der Waals surface area (Å²) in [6.07, 6.45) is -5.78. The van der Waals surface area contributed by atoms with Crippen molar-refractivity contribution >= 4 is 0 Å². The molecule has 0 bridgehead atoms. The van der Waals surface area contributed by atoms with Gasteiger partial charge in [-0.1, -0.05) is 6.07 Å². The largest absolute Gasteiger partial charge is 0.508 e. The number of rotatable bonds is 1. The fourth-order valence-electron chi connectivity index (χ4n) is 1.15. The summed E-state index contributed by atoms with van der Waals surface area (Å²) in [6, 6.07) is 2.77. The molecule has 0 fully saturated rings. The molecule has 5 heteroatoms. The summed E-state index contributed by atoms with van der Waals surface area (Å²) in [6.45, 7) is 1.24. The van der Waals surface area contributed by atoms with E-state index in [1.807, 2.05) is 0 Å². The third kappa shape index (κ3) is 2.17. The van der Waals surface area contributed by atoms with Crippen LogP contribution in [0.5, 0.6) is 5.75 Å². The van der Waals surface area contributed by atoms with Gasteiger partial charge in [-0.15, -0.1) is 0 Å². The van der Waals surface area contributed by atoms with Gasteiger partial charge < -0.3 is 10.2 Å². The van der Waals surface area contributed by atoms with Crippen LogP contribution in [0.3, 0.4) is 0 Å². The Bertz CT molecular complexity index is 331. The number of alkyl halides is 3. The molecule has 0 aliphatic carbocycles. The molecule has 1 aromatic carbocycles. The van der Waals surface area contributed by atoms with Gasteiger partial charge in [0.1, 0.15) is 5.75 Å². The Labute approximate surface area is 78.6 Å². The SMILES string of the molecule is CC(O)c1ccc(O)cc1C(F)(F)F. The van der Waals surface area contributed by atoms with Crippen molar-refractivity contribution < 1.29 is 23.4 Å². The van der Waals surface area contributed by atoms with Gasteiger partial charge in [-0.05, 0) is 24.6 Å². The minimum atomic E-state index is -4.56. The van der Waals surface area contributed by atoms with E-state index in [-0.39, 0.29) is 5.56 Å². The van der Waals surface area contributed by atoms with Crippen molar-refractivity contribution in [2.24, 2.45) is 0 Å². The average Bonchev–Trinajstić information content (AvgIpc) is 2.01. The maximum atomic E-state index is 12.4. The molecule has 0 heterocycles. The lowest BCUT2D eigenvalue weighted by Gasteiger charge is -2.14. The van der Waals surface area contributed by atoms with Crippen molar-refractivity contribution in [2.75, 3.05) is 0 Å². The van der Waals surface area contributed by atoms with E-state index in [9.17, 15) is 13.2 Å². The molecule has 1 unspecified atom stereocenters. The van der Waals surface area contributed by atoms with Crippen molar-refractivity contribution in [2.45, 2.75) is 19.2 Å². The van der Waals surface area contributed by atoms with E-state index in [0.717, 1.165) is 12.1 Å². The van der Waals surface area contributed by atoms with Gasteiger partial charge in [0.25, 0.3) is 0 Å². The van der Waals surface area contributed by atoms with Gasteiger partial charge in [0.15, 0.2) is 0 Å². The molecule has 1 atom stereocenters. The summed E-state index contributed by atoms with van der Waals surface area (Å²) >= 11 is 0. The van der Waals surface area contributed by atoms with E-state index >= 15 is 0 Å². The molecular weight excluding hydrogens is 197 g/mol. The third-order valence-electron chi connectivity index (χ3n) is 1.79. The Morgan fingerprint density at radius 3 is 2.29 bits per heavy atom. The molecular formula is C9H9F3O2. The smallest absolute Gasteiger partial charge is 0.416 e. The van der Waals surface area contributed by atoms with Gasteiger partial charge >= 0.3 is 6.18 Å². The summed E-state index contributed by atoms with van der Waals surface area (Å²) in [4.78, 5) is 0. The summed E-state index contributed by atoms with van der Waals surface area (Å²) in [5.74, 6) is -0.471. The molecule has 14 heavy (non-hydrogen) atoms. The average molecular weight is 206 g/mol. The second-order valence-electron chi connectivity index (χ2n) is 2.95. The molecule has 78 valence electrons. The lowest BCUT2D eigenvalue weighted by atomic mass is 10.0. The number of aromatic hydroxyl groups is 1. The van der Waals surface area contributed by atoms with E-state index < -0.39 is 23.6 Å². The van der Waals surface area contributed by atoms with Crippen LogP contribution in [0.1, 0.15) is 24.2 Å². The lowest BCUT2D eigenvalue weighted by molar-refractivity contribution is -0.139. The van der Waals surface area contributed by atoms with Crippen LogP contribution in [0.2, 0.25) is 0 Å². The Morgan fingerprint density at radius 1 is 1.29 bits per heavy atom. The molecule has 2 N–H and O–H groups in total. The fraction of sp³-hybridized carbons (Fsp3) is 0.333. The van der Waals surface area contributed by atoms with E-state index in [4.69, 9.17) is 10.2 Å². The van der Waals surface area contributed by atoms with Crippen molar-refractivity contribution in [3.8, 4) is 5.75 Å². The summed E-state index contributed by atoms with van der Waals surface area (Å²) in [5, 5.41) is 18.0. The number of aliphatic hydroxyl groups is 1. The molecule has 0 saturated carbocycles. The van der Waals surface area contributed by atoms with E-state index in [2.05, 4.69) is 0 Å². The number of hydrogen-bond donors (Lipinski definition) is 2. The normalized spacial score (nSPS) is 14.1. The van der Waals surface area contributed by atoms with Crippen LogP contribution < -0.4 is 0 Å². The van der Waals surface area contributed by atoms with Crippen LogP contribution in [-0.2, 0) is 6.18 Å². The maximum Gasteiger partial charge on any atom is 0.416 e. The topological polar surface area (TPSA) is 40.5 Å². The Kier molecular flexibility index (Phi) is 2.71. The number of phenolic OH excluding ortho intramolecular Hbond substituents is 1. The van der Waals surface area contributed by atoms with Gasteiger partial charge in [0.05, 0.1) is 11.7 Å². The fourth-order valence-corrected chi connectivity index (χ4v) is 1.15. The summed E-state index contributed by atoms with van der Waals surface area (Å²) < 4.78 is 37.1. The van der Waals surface area contributed by atoms with Crippen LogP contribution in [-0.4, -0.2) is 10.2 Å². The van der Waals surface area contributed by atoms with Crippen LogP contribution in [0.15, 0.2) is 18.2 Å². The molecule has 1 rings (SSSR count).